The lowest BCUT2D eigenvalue weighted by Gasteiger charge is -2.25. The molecule has 1 N–H and O–H groups in total. The number of anilines is 2. The summed E-state index contributed by atoms with van der Waals surface area (Å²) < 4.78 is 14.6. The van der Waals surface area contributed by atoms with Gasteiger partial charge in [0.1, 0.15) is 11.7 Å². The molecule has 3 aromatic rings. The highest BCUT2D eigenvalue weighted by molar-refractivity contribution is 7.13. The molecule has 1 amide bonds. The Kier molecular flexibility index (Phi) is 4.68. The van der Waals surface area contributed by atoms with E-state index in [-0.39, 0.29) is 11.7 Å². The molecule has 2 atom stereocenters. The first kappa shape index (κ1) is 17.4. The molecule has 0 saturated heterocycles. The molecule has 0 fully saturated rings. The molecule has 1 aliphatic rings. The molecule has 0 aliphatic carbocycles. The number of para-hydroxylation sites is 1. The highest BCUT2D eigenvalue weighted by atomic mass is 32.1. The van der Waals surface area contributed by atoms with Crippen molar-refractivity contribution in [3.05, 3.63) is 77.6 Å². The van der Waals surface area contributed by atoms with Crippen LogP contribution < -0.4 is 10.3 Å². The summed E-state index contributed by atoms with van der Waals surface area (Å²) in [6.45, 7) is 1.79. The van der Waals surface area contributed by atoms with Crippen LogP contribution in [0.15, 0.2) is 71.3 Å². The predicted octanol–water partition coefficient (Wildman–Crippen LogP) is 4.47. The van der Waals surface area contributed by atoms with E-state index in [4.69, 9.17) is 0 Å². The Morgan fingerprint density at radius 2 is 1.89 bits per heavy atom. The molecule has 27 heavy (non-hydrogen) atoms. The Bertz CT molecular complexity index is 975. The lowest BCUT2D eigenvalue weighted by molar-refractivity contribution is -0.120. The molecule has 0 unspecified atom stereocenters. The van der Waals surface area contributed by atoms with Crippen LogP contribution in [0, 0.1) is 11.7 Å². The normalized spacial score (nSPS) is 17.7. The first-order valence-electron chi connectivity index (χ1n) is 8.49. The van der Waals surface area contributed by atoms with Crippen molar-refractivity contribution in [3.63, 3.8) is 0 Å². The highest BCUT2D eigenvalue weighted by Gasteiger charge is 2.41. The minimum Gasteiger partial charge on any atom is -0.353 e. The van der Waals surface area contributed by atoms with E-state index in [1.807, 2.05) is 35.7 Å². The smallest absolute Gasteiger partial charge is 0.258 e. The van der Waals surface area contributed by atoms with Crippen molar-refractivity contribution < 1.29 is 9.18 Å². The fraction of sp³-hybridized carbons (Fsp3) is 0.150. The third-order valence-corrected chi connectivity index (χ3v) is 5.17. The van der Waals surface area contributed by atoms with Crippen molar-refractivity contribution in [2.45, 2.75) is 13.0 Å². The number of halogens is 1. The number of nitrogens with zero attached hydrogens (tertiary/aromatic N) is 3. The van der Waals surface area contributed by atoms with Gasteiger partial charge in [0.05, 0.1) is 17.4 Å². The first-order chi connectivity index (χ1) is 13.1. The molecule has 1 aromatic heterocycles. The van der Waals surface area contributed by atoms with Gasteiger partial charge in [0.25, 0.3) is 5.91 Å². The largest absolute Gasteiger partial charge is 0.353 e. The molecular weight excluding hydrogens is 363 g/mol. The van der Waals surface area contributed by atoms with E-state index in [2.05, 4.69) is 15.4 Å². The fourth-order valence-electron chi connectivity index (χ4n) is 3.21. The van der Waals surface area contributed by atoms with E-state index >= 15 is 0 Å². The van der Waals surface area contributed by atoms with Crippen molar-refractivity contribution in [3.8, 4) is 0 Å². The van der Waals surface area contributed by atoms with Crippen LogP contribution in [-0.4, -0.2) is 16.6 Å². The molecule has 136 valence electrons. The zero-order chi connectivity index (χ0) is 18.8. The minimum atomic E-state index is -0.633. The predicted molar refractivity (Wildman–Crippen MR) is 105 cm³/mol. The van der Waals surface area contributed by atoms with Crippen LogP contribution in [0.4, 0.5) is 15.2 Å². The monoisotopic (exact) mass is 380 g/mol. The second-order valence-electron chi connectivity index (χ2n) is 6.19. The molecule has 2 aromatic carbocycles. The van der Waals surface area contributed by atoms with E-state index in [1.54, 1.807) is 31.3 Å². The molecule has 0 radical (unpaired) electrons. The van der Waals surface area contributed by atoms with Crippen molar-refractivity contribution >= 4 is 33.8 Å². The van der Waals surface area contributed by atoms with Gasteiger partial charge in [-0.3, -0.25) is 4.79 Å². The third-order valence-electron chi connectivity index (χ3n) is 4.47. The van der Waals surface area contributed by atoms with Gasteiger partial charge in [-0.25, -0.2) is 14.4 Å². The van der Waals surface area contributed by atoms with Crippen LogP contribution in [0.5, 0.6) is 0 Å². The number of carbonyl (C=O) groups excluding carboxylic acids is 1. The van der Waals surface area contributed by atoms with Gasteiger partial charge in [0.2, 0.25) is 0 Å². The number of aromatic nitrogens is 1. The third kappa shape index (κ3) is 3.33. The quantitative estimate of drug-likeness (QED) is 0.710. The molecule has 2 heterocycles. The maximum atomic E-state index is 14.6. The van der Waals surface area contributed by atoms with E-state index < -0.39 is 12.0 Å². The van der Waals surface area contributed by atoms with Gasteiger partial charge in [0.15, 0.2) is 5.13 Å². The number of benzene rings is 2. The summed E-state index contributed by atoms with van der Waals surface area (Å²) in [4.78, 5) is 17.4. The second kappa shape index (κ2) is 7.28. The number of amides is 1. The summed E-state index contributed by atoms with van der Waals surface area (Å²) in [6, 6.07) is 15.1. The van der Waals surface area contributed by atoms with Crippen LogP contribution in [0.2, 0.25) is 0 Å². The summed E-state index contributed by atoms with van der Waals surface area (Å²) >= 11 is 1.40. The number of rotatable bonds is 5. The summed E-state index contributed by atoms with van der Waals surface area (Å²) in [5.41, 5.74) is 1.72. The molecule has 1 aliphatic heterocycles. The van der Waals surface area contributed by atoms with Gasteiger partial charge < -0.3 is 5.32 Å². The zero-order valence-electron chi connectivity index (χ0n) is 14.5. The Labute approximate surface area is 160 Å². The number of hydrazone groups is 1. The first-order valence-corrected chi connectivity index (χ1v) is 9.37. The Hall–Kier alpha value is -3.06. The van der Waals surface area contributed by atoms with Gasteiger partial charge in [-0.2, -0.15) is 5.10 Å². The van der Waals surface area contributed by atoms with Gasteiger partial charge >= 0.3 is 0 Å². The van der Waals surface area contributed by atoms with E-state index in [9.17, 15) is 9.18 Å². The molecule has 4 rings (SSSR count). The van der Waals surface area contributed by atoms with Crippen LogP contribution in [0.1, 0.15) is 18.5 Å². The van der Waals surface area contributed by atoms with Crippen LogP contribution >= 0.6 is 11.3 Å². The van der Waals surface area contributed by atoms with Gasteiger partial charge in [-0.15, -0.1) is 11.3 Å². The molecule has 5 nitrogen and oxygen atoms in total. The maximum absolute atomic E-state index is 14.6. The summed E-state index contributed by atoms with van der Waals surface area (Å²) in [5, 5.41) is 11.5. The zero-order valence-corrected chi connectivity index (χ0v) is 15.4. The average molecular weight is 380 g/mol. The number of thiazole rings is 1. The highest BCUT2D eigenvalue weighted by Crippen LogP contribution is 2.36. The number of hydrogen-bond acceptors (Lipinski definition) is 5. The standard InChI is InChI=1S/C20H17FN4OS/c1-13-17(19(26)25(24-13)14-7-3-2-4-8-14)18(23-20-22-11-12-27-20)15-9-5-6-10-16(15)21/h2-12,17-18H,1H3,(H,22,23)/t17-,18-/m0/s1. The fourth-order valence-corrected chi connectivity index (χ4v) is 3.78. The molecule has 0 spiro atoms. The minimum absolute atomic E-state index is 0.198. The Morgan fingerprint density at radius 3 is 2.59 bits per heavy atom. The topological polar surface area (TPSA) is 57.6 Å². The summed E-state index contributed by atoms with van der Waals surface area (Å²) in [5.74, 6) is -1.20. The van der Waals surface area contributed by atoms with Gasteiger partial charge in [0, 0.05) is 17.1 Å². The number of nitrogens with one attached hydrogen (secondary N) is 1. The second-order valence-corrected chi connectivity index (χ2v) is 7.08. The summed E-state index contributed by atoms with van der Waals surface area (Å²) in [7, 11) is 0. The lowest BCUT2D eigenvalue weighted by atomic mass is 9.89. The SMILES string of the molecule is CC1=NN(c2ccccc2)C(=O)[C@@H]1[C@@H](Nc1nccs1)c1ccccc1F. The molecular formula is C20H17FN4OS. The number of hydrogen-bond donors (Lipinski definition) is 1. The Morgan fingerprint density at radius 1 is 1.15 bits per heavy atom. The lowest BCUT2D eigenvalue weighted by Crippen LogP contribution is -2.35. The van der Waals surface area contributed by atoms with Gasteiger partial charge in [-0.1, -0.05) is 36.4 Å². The average Bonchev–Trinajstić information content (AvgIpc) is 3.29. The van der Waals surface area contributed by atoms with Crippen molar-refractivity contribution in [1.82, 2.24) is 4.98 Å². The van der Waals surface area contributed by atoms with Crippen LogP contribution in [0.3, 0.4) is 0 Å². The maximum Gasteiger partial charge on any atom is 0.258 e. The molecule has 0 bridgehead atoms. The Balaban J connectivity index is 1.73. The summed E-state index contributed by atoms with van der Waals surface area (Å²) in [6.07, 6.45) is 1.67. The van der Waals surface area contributed by atoms with Crippen molar-refractivity contribution in [2.75, 3.05) is 10.3 Å². The van der Waals surface area contributed by atoms with E-state index in [0.29, 0.717) is 22.1 Å². The number of carbonyl (C=O) groups is 1. The van der Waals surface area contributed by atoms with Crippen LogP contribution in [0.25, 0.3) is 0 Å². The van der Waals surface area contributed by atoms with Crippen LogP contribution in [-0.2, 0) is 4.79 Å². The van der Waals surface area contributed by atoms with E-state index in [0.717, 1.165) is 0 Å². The molecule has 7 heteroatoms. The van der Waals surface area contributed by atoms with Crippen molar-refractivity contribution in [1.29, 1.82) is 0 Å². The van der Waals surface area contributed by atoms with Crippen molar-refractivity contribution in [2.24, 2.45) is 11.0 Å². The molecule has 0 saturated carbocycles. The van der Waals surface area contributed by atoms with Gasteiger partial charge in [-0.05, 0) is 25.1 Å². The van der Waals surface area contributed by atoms with E-state index in [1.165, 1.54) is 22.4 Å².